The number of amides is 1. The first-order valence-electron chi connectivity index (χ1n) is 7.85. The zero-order valence-electron chi connectivity index (χ0n) is 12.8. The lowest BCUT2D eigenvalue weighted by Gasteiger charge is -2.17. The van der Waals surface area contributed by atoms with Crippen molar-refractivity contribution < 1.29 is 9.21 Å². The van der Waals surface area contributed by atoms with E-state index >= 15 is 0 Å². The first kappa shape index (κ1) is 14.1. The fourth-order valence-electron chi connectivity index (χ4n) is 2.96. The SMILES string of the molecule is CCN(C)C(=O)c1ccc2nc(C3CCCCC3)oc2c1. The number of nitrogens with zero attached hydrogens (tertiary/aromatic N) is 2. The monoisotopic (exact) mass is 286 g/mol. The van der Waals surface area contributed by atoms with Crippen LogP contribution in [0.4, 0.5) is 0 Å². The number of rotatable bonds is 3. The molecular weight excluding hydrogens is 264 g/mol. The van der Waals surface area contributed by atoms with Gasteiger partial charge in [-0.3, -0.25) is 4.79 Å². The Bertz CT molecular complexity index is 641. The highest BCUT2D eigenvalue weighted by atomic mass is 16.3. The number of oxazole rings is 1. The van der Waals surface area contributed by atoms with Gasteiger partial charge in [0, 0.05) is 25.1 Å². The number of carbonyl (C=O) groups excluding carboxylic acids is 1. The second kappa shape index (κ2) is 5.88. The Morgan fingerprint density at radius 2 is 2.10 bits per heavy atom. The predicted molar refractivity (Wildman–Crippen MR) is 82.5 cm³/mol. The van der Waals surface area contributed by atoms with E-state index in [4.69, 9.17) is 4.42 Å². The van der Waals surface area contributed by atoms with Crippen LogP contribution >= 0.6 is 0 Å². The summed E-state index contributed by atoms with van der Waals surface area (Å²) < 4.78 is 5.93. The largest absolute Gasteiger partial charge is 0.440 e. The fraction of sp³-hybridized carbons (Fsp3) is 0.529. The molecule has 0 aliphatic heterocycles. The van der Waals surface area contributed by atoms with Gasteiger partial charge in [-0.15, -0.1) is 0 Å². The third-order valence-corrected chi connectivity index (χ3v) is 4.43. The molecule has 0 N–H and O–H groups in total. The van der Waals surface area contributed by atoms with Crippen LogP contribution in [-0.4, -0.2) is 29.4 Å². The molecule has 1 aromatic heterocycles. The molecule has 3 rings (SSSR count). The van der Waals surface area contributed by atoms with E-state index in [1.807, 2.05) is 25.1 Å². The van der Waals surface area contributed by atoms with Gasteiger partial charge in [-0.25, -0.2) is 4.98 Å². The normalized spacial score (nSPS) is 16.3. The van der Waals surface area contributed by atoms with Crippen molar-refractivity contribution in [2.24, 2.45) is 0 Å². The summed E-state index contributed by atoms with van der Waals surface area (Å²) in [6, 6.07) is 5.55. The molecule has 0 radical (unpaired) electrons. The number of hydrogen-bond acceptors (Lipinski definition) is 3. The molecule has 1 amide bonds. The Labute approximate surface area is 125 Å². The van der Waals surface area contributed by atoms with Crippen LogP contribution in [0.5, 0.6) is 0 Å². The van der Waals surface area contributed by atoms with Crippen LogP contribution in [0, 0.1) is 0 Å². The van der Waals surface area contributed by atoms with Crippen LogP contribution in [0.15, 0.2) is 22.6 Å². The summed E-state index contributed by atoms with van der Waals surface area (Å²) in [6.07, 6.45) is 6.16. The van der Waals surface area contributed by atoms with Crippen molar-refractivity contribution in [3.05, 3.63) is 29.7 Å². The molecule has 1 aliphatic carbocycles. The third-order valence-electron chi connectivity index (χ3n) is 4.43. The van der Waals surface area contributed by atoms with Crippen LogP contribution in [0.25, 0.3) is 11.1 Å². The molecule has 1 aliphatic rings. The number of fused-ring (bicyclic) bond motifs is 1. The van der Waals surface area contributed by atoms with E-state index in [1.54, 1.807) is 11.9 Å². The first-order valence-corrected chi connectivity index (χ1v) is 7.85. The Hall–Kier alpha value is -1.84. The van der Waals surface area contributed by atoms with Crippen molar-refractivity contribution in [1.29, 1.82) is 0 Å². The Morgan fingerprint density at radius 1 is 1.33 bits per heavy atom. The van der Waals surface area contributed by atoms with Gasteiger partial charge in [0.05, 0.1) is 0 Å². The summed E-state index contributed by atoms with van der Waals surface area (Å²) in [5.74, 6) is 1.32. The maximum absolute atomic E-state index is 12.2. The van der Waals surface area contributed by atoms with E-state index in [0.29, 0.717) is 18.0 Å². The average molecular weight is 286 g/mol. The van der Waals surface area contributed by atoms with Crippen molar-refractivity contribution in [3.8, 4) is 0 Å². The van der Waals surface area contributed by atoms with Gasteiger partial charge >= 0.3 is 0 Å². The van der Waals surface area contributed by atoms with Gasteiger partial charge in [-0.1, -0.05) is 19.3 Å². The Morgan fingerprint density at radius 3 is 2.81 bits per heavy atom. The summed E-state index contributed by atoms with van der Waals surface area (Å²) in [4.78, 5) is 18.5. The summed E-state index contributed by atoms with van der Waals surface area (Å²) in [5, 5.41) is 0. The van der Waals surface area contributed by atoms with E-state index in [-0.39, 0.29) is 5.91 Å². The van der Waals surface area contributed by atoms with Gasteiger partial charge in [0.15, 0.2) is 11.5 Å². The van der Waals surface area contributed by atoms with Crippen molar-refractivity contribution in [2.75, 3.05) is 13.6 Å². The van der Waals surface area contributed by atoms with Crippen molar-refractivity contribution in [1.82, 2.24) is 9.88 Å². The standard InChI is InChI=1S/C17H22N2O2/c1-3-19(2)17(20)13-9-10-14-15(11-13)21-16(18-14)12-7-5-4-6-8-12/h9-12H,3-8H2,1-2H3. The van der Waals surface area contributed by atoms with E-state index in [0.717, 1.165) is 29.8 Å². The number of hydrogen-bond donors (Lipinski definition) is 0. The number of carbonyl (C=O) groups is 1. The average Bonchev–Trinajstić information content (AvgIpc) is 2.97. The van der Waals surface area contributed by atoms with Crippen molar-refractivity contribution >= 4 is 17.0 Å². The Kier molecular flexibility index (Phi) is 3.95. The molecule has 0 atom stereocenters. The highest BCUT2D eigenvalue weighted by Gasteiger charge is 2.21. The maximum Gasteiger partial charge on any atom is 0.253 e. The van der Waals surface area contributed by atoms with Gasteiger partial charge in [0.2, 0.25) is 0 Å². The molecule has 112 valence electrons. The van der Waals surface area contributed by atoms with Gasteiger partial charge in [-0.05, 0) is 38.0 Å². The molecular formula is C17H22N2O2. The fourth-order valence-corrected chi connectivity index (χ4v) is 2.96. The van der Waals surface area contributed by atoms with Gasteiger partial charge < -0.3 is 9.32 Å². The van der Waals surface area contributed by atoms with E-state index < -0.39 is 0 Å². The van der Waals surface area contributed by atoms with Gasteiger partial charge in [0.1, 0.15) is 5.52 Å². The summed E-state index contributed by atoms with van der Waals surface area (Å²) in [7, 11) is 1.81. The quantitative estimate of drug-likeness (QED) is 0.857. The van der Waals surface area contributed by atoms with Crippen molar-refractivity contribution in [2.45, 2.75) is 44.9 Å². The van der Waals surface area contributed by atoms with E-state index in [1.165, 1.54) is 19.3 Å². The first-order chi connectivity index (χ1) is 10.2. The Balaban J connectivity index is 1.89. The van der Waals surface area contributed by atoms with Crippen molar-refractivity contribution in [3.63, 3.8) is 0 Å². The topological polar surface area (TPSA) is 46.3 Å². The second-order valence-electron chi connectivity index (χ2n) is 5.89. The minimum Gasteiger partial charge on any atom is -0.440 e. The molecule has 4 heteroatoms. The van der Waals surface area contributed by atoms with Crippen LogP contribution < -0.4 is 0 Å². The smallest absolute Gasteiger partial charge is 0.253 e. The molecule has 1 aromatic carbocycles. The number of aromatic nitrogens is 1. The van der Waals surface area contributed by atoms with Crippen LogP contribution in [0.1, 0.15) is 61.2 Å². The molecule has 0 spiro atoms. The molecule has 1 saturated carbocycles. The highest BCUT2D eigenvalue weighted by molar-refractivity contribution is 5.96. The maximum atomic E-state index is 12.2. The molecule has 2 aromatic rings. The molecule has 0 bridgehead atoms. The lowest BCUT2D eigenvalue weighted by Crippen LogP contribution is -2.26. The lowest BCUT2D eigenvalue weighted by atomic mass is 9.89. The molecule has 21 heavy (non-hydrogen) atoms. The minimum atomic E-state index is 0.0232. The predicted octanol–water partition coefficient (Wildman–Crippen LogP) is 3.97. The van der Waals surface area contributed by atoms with Crippen LogP contribution in [0.2, 0.25) is 0 Å². The number of benzene rings is 1. The molecule has 4 nitrogen and oxygen atoms in total. The lowest BCUT2D eigenvalue weighted by molar-refractivity contribution is 0.0802. The molecule has 0 unspecified atom stereocenters. The highest BCUT2D eigenvalue weighted by Crippen LogP contribution is 2.33. The molecule has 1 fully saturated rings. The van der Waals surface area contributed by atoms with E-state index in [9.17, 15) is 4.79 Å². The second-order valence-corrected chi connectivity index (χ2v) is 5.89. The molecule has 1 heterocycles. The van der Waals surface area contributed by atoms with Crippen LogP contribution in [-0.2, 0) is 0 Å². The zero-order chi connectivity index (χ0) is 14.8. The molecule has 0 saturated heterocycles. The summed E-state index contributed by atoms with van der Waals surface area (Å²) in [5.41, 5.74) is 2.25. The zero-order valence-corrected chi connectivity index (χ0v) is 12.8. The minimum absolute atomic E-state index is 0.0232. The van der Waals surface area contributed by atoms with Gasteiger partial charge in [-0.2, -0.15) is 0 Å². The third kappa shape index (κ3) is 2.80. The van der Waals surface area contributed by atoms with Gasteiger partial charge in [0.25, 0.3) is 5.91 Å². The van der Waals surface area contributed by atoms with Crippen LogP contribution in [0.3, 0.4) is 0 Å². The van der Waals surface area contributed by atoms with E-state index in [2.05, 4.69) is 4.98 Å². The summed E-state index contributed by atoms with van der Waals surface area (Å²) >= 11 is 0. The summed E-state index contributed by atoms with van der Waals surface area (Å²) in [6.45, 7) is 2.66.